The number of methoxy groups -OCH3 is 1. The van der Waals surface area contributed by atoms with Crippen molar-refractivity contribution in [2.45, 2.75) is 27.7 Å². The third kappa shape index (κ3) is 4.77. The molecule has 0 bridgehead atoms. The summed E-state index contributed by atoms with van der Waals surface area (Å²) in [6.45, 7) is 12.1. The number of aryl methyl sites for hydroxylation is 2. The van der Waals surface area contributed by atoms with Crippen LogP contribution < -0.4 is 14.5 Å². The van der Waals surface area contributed by atoms with Crippen LogP contribution in [0.4, 0.5) is 5.13 Å². The zero-order chi connectivity index (χ0) is 21.0. The van der Waals surface area contributed by atoms with Gasteiger partial charge in [0.25, 0.3) is 5.91 Å². The Morgan fingerprint density at radius 3 is 2.55 bits per heavy atom. The molecule has 0 radical (unpaired) electrons. The number of hydrogen-bond donors (Lipinski definition) is 1. The van der Waals surface area contributed by atoms with Crippen molar-refractivity contribution in [3.05, 3.63) is 53.1 Å². The third-order valence-corrected chi connectivity index (χ3v) is 6.52. The summed E-state index contributed by atoms with van der Waals surface area (Å²) in [6.07, 6.45) is 0. The molecule has 0 saturated carbocycles. The quantitative estimate of drug-likeness (QED) is 0.616. The number of ether oxygens (including phenoxy) is 1. The highest BCUT2D eigenvalue weighted by Gasteiger charge is 2.23. The molecule has 5 nitrogen and oxygen atoms in total. The lowest BCUT2D eigenvalue weighted by Gasteiger charge is -2.23. The first-order valence-corrected chi connectivity index (χ1v) is 11.0. The Morgan fingerprint density at radius 1 is 1.14 bits per heavy atom. The first kappa shape index (κ1) is 21.3. The topological polar surface area (TPSA) is 46.9 Å². The van der Waals surface area contributed by atoms with Crippen molar-refractivity contribution in [3.63, 3.8) is 0 Å². The lowest BCUT2D eigenvalue weighted by molar-refractivity contribution is -0.894. The van der Waals surface area contributed by atoms with E-state index in [2.05, 4.69) is 39.8 Å². The number of carbonyl (C=O) groups excluding carboxylic acids is 1. The molecule has 1 aromatic heterocycles. The number of quaternary nitrogens is 1. The molecule has 154 valence electrons. The Morgan fingerprint density at radius 2 is 1.86 bits per heavy atom. The normalized spacial score (nSPS) is 11.2. The van der Waals surface area contributed by atoms with E-state index in [1.54, 1.807) is 24.5 Å². The molecule has 1 N–H and O–H groups in total. The number of nitrogens with zero attached hydrogens (tertiary/aromatic N) is 2. The van der Waals surface area contributed by atoms with Crippen LogP contribution in [0.15, 0.2) is 36.4 Å². The minimum absolute atomic E-state index is 0.0389. The molecule has 0 aliphatic rings. The SMILES string of the molecule is CC[NH+](CC)CCN(C(=O)c1cccc(OC)c1)c1nc2cc(C)c(C)cc2s1. The van der Waals surface area contributed by atoms with E-state index >= 15 is 0 Å². The molecule has 1 amide bonds. The number of rotatable bonds is 8. The molecule has 3 rings (SSSR count). The van der Waals surface area contributed by atoms with Gasteiger partial charge in [0.1, 0.15) is 5.75 Å². The molecule has 0 atom stereocenters. The van der Waals surface area contributed by atoms with Crippen LogP contribution >= 0.6 is 11.3 Å². The lowest BCUT2D eigenvalue weighted by atomic mass is 10.1. The van der Waals surface area contributed by atoms with Crippen LogP contribution in [-0.2, 0) is 0 Å². The largest absolute Gasteiger partial charge is 0.497 e. The van der Waals surface area contributed by atoms with E-state index in [9.17, 15) is 4.79 Å². The number of anilines is 1. The first-order chi connectivity index (χ1) is 14.0. The highest BCUT2D eigenvalue weighted by Crippen LogP contribution is 2.31. The number of nitrogens with one attached hydrogen (secondary N) is 1. The summed E-state index contributed by atoms with van der Waals surface area (Å²) in [5, 5.41) is 0.754. The van der Waals surface area contributed by atoms with E-state index in [1.165, 1.54) is 16.0 Å². The Balaban J connectivity index is 1.99. The Bertz CT molecular complexity index is 956. The number of carbonyl (C=O) groups is 1. The standard InChI is InChI=1S/C23H29N3O2S/c1-6-25(7-2)11-12-26(22(27)18-9-8-10-19(15-18)28-5)23-24-20-13-16(3)17(4)14-21(20)29-23/h8-10,13-15H,6-7,11-12H2,1-5H3/p+1. The van der Waals surface area contributed by atoms with Gasteiger partial charge in [0.2, 0.25) is 0 Å². The molecule has 6 heteroatoms. The molecule has 0 aliphatic heterocycles. The van der Waals surface area contributed by atoms with E-state index in [1.807, 2.05) is 23.1 Å². The van der Waals surface area contributed by atoms with Crippen LogP contribution in [0, 0.1) is 13.8 Å². The summed E-state index contributed by atoms with van der Waals surface area (Å²) in [4.78, 5) is 21.5. The van der Waals surface area contributed by atoms with Crippen molar-refractivity contribution in [1.29, 1.82) is 0 Å². The van der Waals surface area contributed by atoms with Crippen LogP contribution in [0.1, 0.15) is 35.3 Å². The smallest absolute Gasteiger partial charge is 0.260 e. The maximum Gasteiger partial charge on any atom is 0.260 e. The Kier molecular flexibility index (Phi) is 6.87. The summed E-state index contributed by atoms with van der Waals surface area (Å²) < 4.78 is 6.42. The second kappa shape index (κ2) is 9.37. The molecule has 0 spiro atoms. The minimum atomic E-state index is -0.0389. The molecule has 0 saturated heterocycles. The van der Waals surface area contributed by atoms with E-state index in [0.29, 0.717) is 17.9 Å². The van der Waals surface area contributed by atoms with Gasteiger partial charge in [-0.05, 0) is 69.2 Å². The molecule has 29 heavy (non-hydrogen) atoms. The van der Waals surface area contributed by atoms with Crippen LogP contribution in [0.3, 0.4) is 0 Å². The van der Waals surface area contributed by atoms with Gasteiger partial charge in [-0.15, -0.1) is 0 Å². The van der Waals surface area contributed by atoms with E-state index in [4.69, 9.17) is 9.72 Å². The minimum Gasteiger partial charge on any atom is -0.497 e. The summed E-state index contributed by atoms with van der Waals surface area (Å²) in [5.74, 6) is 0.642. The maximum atomic E-state index is 13.4. The van der Waals surface area contributed by atoms with E-state index in [-0.39, 0.29) is 5.91 Å². The molecule has 0 fully saturated rings. The fourth-order valence-corrected chi connectivity index (χ4v) is 4.42. The van der Waals surface area contributed by atoms with Crippen LogP contribution in [0.5, 0.6) is 5.75 Å². The summed E-state index contributed by atoms with van der Waals surface area (Å²) >= 11 is 1.58. The number of hydrogen-bond acceptors (Lipinski definition) is 4. The van der Waals surface area contributed by atoms with Crippen molar-refractivity contribution >= 4 is 32.6 Å². The number of thiazole rings is 1. The molecule has 1 heterocycles. The summed E-state index contributed by atoms with van der Waals surface area (Å²) in [6, 6.07) is 11.6. The predicted molar refractivity (Wildman–Crippen MR) is 121 cm³/mol. The molecule has 0 unspecified atom stereocenters. The van der Waals surface area contributed by atoms with Crippen molar-refractivity contribution in [2.75, 3.05) is 38.2 Å². The molecular formula is C23H30N3O2S+. The molecule has 2 aromatic carbocycles. The van der Waals surface area contributed by atoms with Gasteiger partial charge in [-0.2, -0.15) is 0 Å². The van der Waals surface area contributed by atoms with Crippen molar-refractivity contribution < 1.29 is 14.4 Å². The Labute approximate surface area is 176 Å². The van der Waals surface area contributed by atoms with Gasteiger partial charge in [-0.1, -0.05) is 17.4 Å². The average molecular weight is 413 g/mol. The van der Waals surface area contributed by atoms with Crippen molar-refractivity contribution in [2.24, 2.45) is 0 Å². The van der Waals surface area contributed by atoms with Gasteiger partial charge in [-0.25, -0.2) is 4.98 Å². The van der Waals surface area contributed by atoms with Crippen LogP contribution in [0.25, 0.3) is 10.2 Å². The number of amides is 1. The van der Waals surface area contributed by atoms with Gasteiger partial charge in [0.05, 0.1) is 43.5 Å². The van der Waals surface area contributed by atoms with Gasteiger partial charge in [-0.3, -0.25) is 9.69 Å². The maximum absolute atomic E-state index is 13.4. The van der Waals surface area contributed by atoms with Gasteiger partial charge < -0.3 is 9.64 Å². The molecule has 0 aliphatic carbocycles. The van der Waals surface area contributed by atoms with Gasteiger partial charge in [0, 0.05) is 5.56 Å². The van der Waals surface area contributed by atoms with Crippen molar-refractivity contribution in [1.82, 2.24) is 4.98 Å². The third-order valence-electron chi connectivity index (χ3n) is 5.47. The highest BCUT2D eigenvalue weighted by molar-refractivity contribution is 7.22. The number of benzene rings is 2. The van der Waals surface area contributed by atoms with Crippen molar-refractivity contribution in [3.8, 4) is 5.75 Å². The second-order valence-corrected chi connectivity index (χ2v) is 8.31. The zero-order valence-corrected chi connectivity index (χ0v) is 18.7. The van der Waals surface area contributed by atoms with E-state index in [0.717, 1.165) is 35.0 Å². The van der Waals surface area contributed by atoms with Crippen LogP contribution in [0.2, 0.25) is 0 Å². The van der Waals surface area contributed by atoms with E-state index < -0.39 is 0 Å². The fourth-order valence-electron chi connectivity index (χ4n) is 3.35. The lowest BCUT2D eigenvalue weighted by Crippen LogP contribution is -3.12. The van der Waals surface area contributed by atoms with Crippen LogP contribution in [-0.4, -0.2) is 44.2 Å². The second-order valence-electron chi connectivity index (χ2n) is 7.30. The van der Waals surface area contributed by atoms with Gasteiger partial charge in [0.15, 0.2) is 5.13 Å². The highest BCUT2D eigenvalue weighted by atomic mass is 32.1. The number of likely N-dealkylation sites (N-methyl/N-ethyl adjacent to an activating group) is 1. The van der Waals surface area contributed by atoms with Gasteiger partial charge >= 0.3 is 0 Å². The molecule has 3 aromatic rings. The zero-order valence-electron chi connectivity index (χ0n) is 17.9. The number of fused-ring (bicyclic) bond motifs is 1. The fraction of sp³-hybridized carbons (Fsp3) is 0.391. The summed E-state index contributed by atoms with van der Waals surface area (Å²) in [7, 11) is 1.61. The first-order valence-electron chi connectivity index (χ1n) is 10.1. The monoisotopic (exact) mass is 412 g/mol. The molecular weight excluding hydrogens is 382 g/mol. The average Bonchev–Trinajstić information content (AvgIpc) is 3.13. The number of aromatic nitrogens is 1. The Hall–Kier alpha value is -2.44. The summed E-state index contributed by atoms with van der Waals surface area (Å²) in [5.41, 5.74) is 4.02. The predicted octanol–water partition coefficient (Wildman–Crippen LogP) is 3.49.